The Hall–Kier alpha value is -1.54. The predicted octanol–water partition coefficient (Wildman–Crippen LogP) is 4.65. The molecule has 21 heavy (non-hydrogen) atoms. The van der Waals surface area contributed by atoms with Crippen molar-refractivity contribution in [1.29, 1.82) is 0 Å². The summed E-state index contributed by atoms with van der Waals surface area (Å²) >= 11 is 6.99. The maximum Gasteiger partial charge on any atom is 0.461 e. The lowest BCUT2D eigenvalue weighted by Gasteiger charge is -2.17. The third-order valence-electron chi connectivity index (χ3n) is 2.35. The monoisotopic (exact) mass is 340 g/mol. The molecule has 1 aromatic carbocycles. The number of ether oxygens (including phenoxy) is 1. The number of anilines is 1. The Balaban J connectivity index is 1.93. The molecule has 0 saturated carbocycles. The van der Waals surface area contributed by atoms with Crippen molar-refractivity contribution >= 4 is 28.6 Å². The smallest absolute Gasteiger partial charge is 0.428 e. The fourth-order valence-electron chi connectivity index (χ4n) is 1.40. The van der Waals surface area contributed by atoms with E-state index in [1.54, 1.807) is 6.20 Å². The highest BCUT2D eigenvalue weighted by atomic mass is 35.5. The Morgan fingerprint density at radius 1 is 1.29 bits per heavy atom. The molecular weight excluding hydrogens is 332 g/mol. The van der Waals surface area contributed by atoms with Gasteiger partial charge < -0.3 is 10.1 Å². The summed E-state index contributed by atoms with van der Waals surface area (Å²) in [6.07, 6.45) is -6.78. The molecule has 0 aliphatic rings. The first-order valence-corrected chi connectivity index (χ1v) is 6.85. The van der Waals surface area contributed by atoms with Crippen LogP contribution in [0.1, 0.15) is 4.88 Å². The van der Waals surface area contributed by atoms with Crippen molar-refractivity contribution in [2.24, 2.45) is 0 Å². The highest BCUT2D eigenvalue weighted by Gasteiger charge is 2.43. The number of hydrogen-bond acceptors (Lipinski definition) is 4. The van der Waals surface area contributed by atoms with Gasteiger partial charge in [-0.2, -0.15) is 17.6 Å². The van der Waals surface area contributed by atoms with Crippen molar-refractivity contribution < 1.29 is 22.3 Å². The maximum absolute atomic E-state index is 12.7. The summed E-state index contributed by atoms with van der Waals surface area (Å²) in [7, 11) is 0. The van der Waals surface area contributed by atoms with Crippen LogP contribution in [-0.4, -0.2) is 17.5 Å². The molecule has 0 aliphatic heterocycles. The van der Waals surface area contributed by atoms with E-state index in [1.165, 1.54) is 35.6 Å². The zero-order valence-corrected chi connectivity index (χ0v) is 11.9. The van der Waals surface area contributed by atoms with Crippen molar-refractivity contribution in [2.75, 3.05) is 5.32 Å². The van der Waals surface area contributed by atoms with Gasteiger partial charge in [0.25, 0.3) is 0 Å². The van der Waals surface area contributed by atoms with Crippen molar-refractivity contribution in [3.8, 4) is 5.75 Å². The molecule has 2 rings (SSSR count). The second-order valence-electron chi connectivity index (χ2n) is 3.92. The molecule has 114 valence electrons. The Morgan fingerprint density at radius 3 is 2.48 bits per heavy atom. The molecule has 9 heteroatoms. The molecule has 0 aliphatic carbocycles. The van der Waals surface area contributed by atoms with Crippen molar-refractivity contribution in [1.82, 2.24) is 4.98 Å². The van der Waals surface area contributed by atoms with Crippen LogP contribution in [0.5, 0.6) is 5.75 Å². The Labute approximate surface area is 126 Å². The van der Waals surface area contributed by atoms with E-state index in [0.29, 0.717) is 16.7 Å². The lowest BCUT2D eigenvalue weighted by atomic mass is 10.3. The van der Waals surface area contributed by atoms with E-state index in [1.807, 2.05) is 0 Å². The molecule has 1 heterocycles. The van der Waals surface area contributed by atoms with Crippen LogP contribution in [0.15, 0.2) is 30.5 Å². The van der Waals surface area contributed by atoms with E-state index in [-0.39, 0.29) is 5.75 Å². The summed E-state index contributed by atoms with van der Waals surface area (Å²) in [6, 6.07) is 5.25. The van der Waals surface area contributed by atoms with Gasteiger partial charge >= 0.3 is 12.5 Å². The van der Waals surface area contributed by atoms with Gasteiger partial charge in [-0.25, -0.2) is 4.98 Å². The van der Waals surface area contributed by atoms with Crippen LogP contribution in [0.4, 0.5) is 23.2 Å². The van der Waals surface area contributed by atoms with Gasteiger partial charge in [0, 0.05) is 16.8 Å². The molecule has 1 N–H and O–H groups in total. The van der Waals surface area contributed by atoms with E-state index in [0.717, 1.165) is 4.88 Å². The highest BCUT2D eigenvalue weighted by molar-refractivity contribution is 7.15. The fraction of sp³-hybridized carbons (Fsp3) is 0.250. The summed E-state index contributed by atoms with van der Waals surface area (Å²) in [5.74, 6) is -0.341. The molecule has 2 aromatic rings. The number of aromatic nitrogens is 1. The Kier molecular flexibility index (Phi) is 4.89. The molecular formula is C12H9ClF4N2OS. The van der Waals surface area contributed by atoms with Crippen LogP contribution in [0.3, 0.4) is 0 Å². The van der Waals surface area contributed by atoms with Gasteiger partial charge in [-0.1, -0.05) is 11.6 Å². The first-order chi connectivity index (χ1) is 9.87. The lowest BCUT2D eigenvalue weighted by Crippen LogP contribution is -2.33. The molecule has 3 nitrogen and oxygen atoms in total. The number of thiazole rings is 1. The second-order valence-corrected chi connectivity index (χ2v) is 5.62. The minimum Gasteiger partial charge on any atom is -0.428 e. The number of alkyl halides is 4. The minimum absolute atomic E-state index is 0.341. The normalized spacial score (nSPS) is 11.7. The average molecular weight is 341 g/mol. The molecule has 0 fully saturated rings. The standard InChI is InChI=1S/C12H9ClF4N2OS/c13-11-19-6-9(21-11)5-18-7-1-3-8(4-2-7)20-12(16,17)10(14)15/h1-4,6,10,18H,5H2. The summed E-state index contributed by atoms with van der Waals surface area (Å²) in [4.78, 5) is 4.76. The first kappa shape index (κ1) is 15.8. The van der Waals surface area contributed by atoms with E-state index in [2.05, 4.69) is 15.0 Å². The van der Waals surface area contributed by atoms with Crippen molar-refractivity contribution in [3.63, 3.8) is 0 Å². The van der Waals surface area contributed by atoms with Crippen LogP contribution in [-0.2, 0) is 6.54 Å². The van der Waals surface area contributed by atoms with E-state index >= 15 is 0 Å². The van der Waals surface area contributed by atoms with Gasteiger partial charge in [-0.15, -0.1) is 11.3 Å². The van der Waals surface area contributed by atoms with Gasteiger partial charge in [-0.3, -0.25) is 0 Å². The number of nitrogens with zero attached hydrogens (tertiary/aromatic N) is 1. The van der Waals surface area contributed by atoms with Crippen LogP contribution >= 0.6 is 22.9 Å². The Morgan fingerprint density at radius 2 is 1.95 bits per heavy atom. The van der Waals surface area contributed by atoms with Crippen LogP contribution in [0.2, 0.25) is 4.47 Å². The zero-order chi connectivity index (χ0) is 15.5. The van der Waals surface area contributed by atoms with Crippen LogP contribution in [0.25, 0.3) is 0 Å². The van der Waals surface area contributed by atoms with Gasteiger partial charge in [-0.05, 0) is 24.3 Å². The highest BCUT2D eigenvalue weighted by Crippen LogP contribution is 2.28. The first-order valence-electron chi connectivity index (χ1n) is 5.66. The molecule has 0 saturated heterocycles. The van der Waals surface area contributed by atoms with Crippen LogP contribution in [0, 0.1) is 0 Å². The molecule has 0 spiro atoms. The lowest BCUT2D eigenvalue weighted by molar-refractivity contribution is -0.253. The molecule has 1 aromatic heterocycles. The zero-order valence-electron chi connectivity index (χ0n) is 10.3. The van der Waals surface area contributed by atoms with Crippen LogP contribution < -0.4 is 10.1 Å². The van der Waals surface area contributed by atoms with Crippen molar-refractivity contribution in [3.05, 3.63) is 39.8 Å². The average Bonchev–Trinajstić information content (AvgIpc) is 2.83. The molecule has 0 atom stereocenters. The molecule has 0 unspecified atom stereocenters. The summed E-state index contributed by atoms with van der Waals surface area (Å²) < 4.78 is 53.7. The fourth-order valence-corrected chi connectivity index (χ4v) is 2.31. The second kappa shape index (κ2) is 6.48. The summed E-state index contributed by atoms with van der Waals surface area (Å²) in [5.41, 5.74) is 0.618. The topological polar surface area (TPSA) is 34.1 Å². The number of rotatable bonds is 6. The number of benzene rings is 1. The van der Waals surface area contributed by atoms with Gasteiger partial charge in [0.1, 0.15) is 5.75 Å². The summed E-state index contributed by atoms with van der Waals surface area (Å²) in [6.45, 7) is 0.456. The van der Waals surface area contributed by atoms with E-state index in [9.17, 15) is 17.6 Å². The maximum atomic E-state index is 12.7. The predicted molar refractivity (Wildman–Crippen MR) is 72.5 cm³/mol. The van der Waals surface area contributed by atoms with Gasteiger partial charge in [0.15, 0.2) is 4.47 Å². The van der Waals surface area contributed by atoms with E-state index in [4.69, 9.17) is 11.6 Å². The number of hydrogen-bond donors (Lipinski definition) is 1. The van der Waals surface area contributed by atoms with Gasteiger partial charge in [0.2, 0.25) is 0 Å². The Bertz CT molecular complexity index is 591. The van der Waals surface area contributed by atoms with Crippen molar-refractivity contribution in [2.45, 2.75) is 19.1 Å². The SMILES string of the molecule is FC(F)C(F)(F)Oc1ccc(NCc2cnc(Cl)s2)cc1. The third-order valence-corrected chi connectivity index (χ3v) is 3.47. The summed E-state index contributed by atoms with van der Waals surface area (Å²) in [5, 5.41) is 3.01. The quantitative estimate of drug-likeness (QED) is 0.777. The molecule has 0 amide bonds. The largest absolute Gasteiger partial charge is 0.461 e. The van der Waals surface area contributed by atoms with E-state index < -0.39 is 12.5 Å². The number of nitrogens with one attached hydrogen (secondary N) is 1. The van der Waals surface area contributed by atoms with Gasteiger partial charge in [0.05, 0.1) is 6.54 Å². The minimum atomic E-state index is -4.51. The molecule has 0 bridgehead atoms. The third kappa shape index (κ3) is 4.47. The molecule has 0 radical (unpaired) electrons. The number of halogens is 5.